The van der Waals surface area contributed by atoms with Gasteiger partial charge in [-0.2, -0.15) is 0 Å². The number of ether oxygens (including phenoxy) is 2. The summed E-state index contributed by atoms with van der Waals surface area (Å²) in [7, 11) is 0. The predicted molar refractivity (Wildman–Crippen MR) is 54.7 cm³/mol. The molecule has 0 saturated carbocycles. The number of hydrogen-bond acceptors (Lipinski definition) is 5. The number of nitro benzene ring substituents is 1. The fourth-order valence-corrected chi connectivity index (χ4v) is 1.50. The molecule has 86 valence electrons. The van der Waals surface area contributed by atoms with E-state index in [4.69, 9.17) is 14.6 Å². The molecule has 0 aromatic heterocycles. The monoisotopic (exact) mass is 225 g/mol. The summed E-state index contributed by atoms with van der Waals surface area (Å²) in [4.78, 5) is 10.1. The first kappa shape index (κ1) is 10.7. The lowest BCUT2D eigenvalue weighted by atomic mass is 10.2. The number of aliphatic hydroxyl groups is 1. The van der Waals surface area contributed by atoms with Crippen LogP contribution in [0.2, 0.25) is 0 Å². The first-order valence-electron chi connectivity index (χ1n) is 4.89. The second-order valence-corrected chi connectivity index (χ2v) is 3.45. The Morgan fingerprint density at radius 2 is 2.31 bits per heavy atom. The molecule has 1 heterocycles. The van der Waals surface area contributed by atoms with Gasteiger partial charge in [0.25, 0.3) is 5.69 Å². The van der Waals surface area contributed by atoms with Crippen molar-refractivity contribution >= 4 is 5.69 Å². The first-order valence-corrected chi connectivity index (χ1v) is 4.89. The topological polar surface area (TPSA) is 81.8 Å². The van der Waals surface area contributed by atoms with E-state index in [1.165, 1.54) is 18.2 Å². The second kappa shape index (κ2) is 4.36. The maximum Gasteiger partial charge on any atom is 0.273 e. The molecule has 2 rings (SSSR count). The van der Waals surface area contributed by atoms with Crippen LogP contribution in [0.3, 0.4) is 0 Å². The zero-order chi connectivity index (χ0) is 11.5. The summed E-state index contributed by atoms with van der Waals surface area (Å²) >= 11 is 0. The van der Waals surface area contributed by atoms with E-state index in [0.29, 0.717) is 24.5 Å². The SMILES string of the molecule is O=[N+]([O-])c1ccc2c(c1)O[C@@H](CCO)CO2. The van der Waals surface area contributed by atoms with Gasteiger partial charge in [0.15, 0.2) is 11.5 Å². The van der Waals surface area contributed by atoms with Crippen LogP contribution in [0.15, 0.2) is 18.2 Å². The summed E-state index contributed by atoms with van der Waals surface area (Å²) in [6.45, 7) is 0.351. The first-order chi connectivity index (χ1) is 7.70. The lowest BCUT2D eigenvalue weighted by molar-refractivity contribution is -0.385. The van der Waals surface area contributed by atoms with Gasteiger partial charge in [0.2, 0.25) is 0 Å². The summed E-state index contributed by atoms with van der Waals surface area (Å²) in [5.74, 6) is 0.860. The summed E-state index contributed by atoms with van der Waals surface area (Å²) in [6, 6.07) is 4.22. The number of rotatable bonds is 3. The predicted octanol–water partition coefficient (Wildman–Crippen LogP) is 1.12. The third-order valence-corrected chi connectivity index (χ3v) is 2.31. The molecule has 1 aliphatic rings. The van der Waals surface area contributed by atoms with Crippen LogP contribution in [-0.4, -0.2) is 29.3 Å². The number of fused-ring (bicyclic) bond motifs is 1. The Hall–Kier alpha value is -1.82. The minimum Gasteiger partial charge on any atom is -0.486 e. The molecule has 1 aromatic rings. The molecule has 0 fully saturated rings. The number of aliphatic hydroxyl groups excluding tert-OH is 1. The normalized spacial score (nSPS) is 18.2. The summed E-state index contributed by atoms with van der Waals surface area (Å²) in [6.07, 6.45) is 0.196. The van der Waals surface area contributed by atoms with Crippen molar-refractivity contribution in [3.05, 3.63) is 28.3 Å². The van der Waals surface area contributed by atoms with Crippen molar-refractivity contribution in [3.8, 4) is 11.5 Å². The molecule has 16 heavy (non-hydrogen) atoms. The molecule has 0 amide bonds. The maximum atomic E-state index is 10.6. The Kier molecular flexibility index (Phi) is 2.91. The summed E-state index contributed by atoms with van der Waals surface area (Å²) in [5, 5.41) is 19.3. The van der Waals surface area contributed by atoms with E-state index in [-0.39, 0.29) is 18.4 Å². The van der Waals surface area contributed by atoms with E-state index in [1.54, 1.807) is 0 Å². The van der Waals surface area contributed by atoms with Gasteiger partial charge >= 0.3 is 0 Å². The smallest absolute Gasteiger partial charge is 0.273 e. The Labute approximate surface area is 91.6 Å². The van der Waals surface area contributed by atoms with Crippen LogP contribution in [-0.2, 0) is 0 Å². The number of non-ortho nitro benzene ring substituents is 1. The molecule has 0 spiro atoms. The quantitative estimate of drug-likeness (QED) is 0.615. The lowest BCUT2D eigenvalue weighted by Gasteiger charge is -2.25. The average molecular weight is 225 g/mol. The van der Waals surface area contributed by atoms with Gasteiger partial charge in [-0.1, -0.05) is 0 Å². The van der Waals surface area contributed by atoms with Crippen molar-refractivity contribution in [1.29, 1.82) is 0 Å². The van der Waals surface area contributed by atoms with Crippen LogP contribution in [0.5, 0.6) is 11.5 Å². The van der Waals surface area contributed by atoms with Crippen LogP contribution in [0.1, 0.15) is 6.42 Å². The van der Waals surface area contributed by atoms with E-state index in [0.717, 1.165) is 0 Å². The van der Waals surface area contributed by atoms with E-state index in [2.05, 4.69) is 0 Å². The van der Waals surface area contributed by atoms with E-state index in [1.807, 2.05) is 0 Å². The molecule has 0 radical (unpaired) electrons. The Morgan fingerprint density at radius 3 is 3.00 bits per heavy atom. The lowest BCUT2D eigenvalue weighted by Crippen LogP contribution is -2.29. The molecule has 1 N–H and O–H groups in total. The van der Waals surface area contributed by atoms with Gasteiger partial charge in [0, 0.05) is 19.1 Å². The largest absolute Gasteiger partial charge is 0.486 e. The van der Waals surface area contributed by atoms with Crippen molar-refractivity contribution in [3.63, 3.8) is 0 Å². The highest BCUT2D eigenvalue weighted by Gasteiger charge is 2.22. The molecule has 0 bridgehead atoms. The minimum atomic E-state index is -0.487. The van der Waals surface area contributed by atoms with Crippen molar-refractivity contribution < 1.29 is 19.5 Å². The third kappa shape index (κ3) is 2.06. The Morgan fingerprint density at radius 1 is 1.50 bits per heavy atom. The molecular formula is C10H11NO5. The standard InChI is InChI=1S/C10H11NO5/c12-4-3-8-6-15-9-2-1-7(11(13)14)5-10(9)16-8/h1-2,5,8,12H,3-4,6H2/t8-/m0/s1. The number of hydrogen-bond donors (Lipinski definition) is 1. The van der Waals surface area contributed by atoms with Crippen molar-refractivity contribution in [2.75, 3.05) is 13.2 Å². The average Bonchev–Trinajstić information content (AvgIpc) is 2.28. The van der Waals surface area contributed by atoms with Gasteiger partial charge in [0.05, 0.1) is 11.0 Å². The molecule has 6 nitrogen and oxygen atoms in total. The Balaban J connectivity index is 2.21. The molecule has 0 aliphatic carbocycles. The van der Waals surface area contributed by atoms with Gasteiger partial charge in [0.1, 0.15) is 12.7 Å². The van der Waals surface area contributed by atoms with Crippen LogP contribution in [0, 0.1) is 10.1 Å². The van der Waals surface area contributed by atoms with E-state index in [9.17, 15) is 10.1 Å². The van der Waals surface area contributed by atoms with Gasteiger partial charge in [-0.15, -0.1) is 0 Å². The van der Waals surface area contributed by atoms with Crippen LogP contribution >= 0.6 is 0 Å². The van der Waals surface area contributed by atoms with Gasteiger partial charge in [-0.05, 0) is 6.07 Å². The highest BCUT2D eigenvalue weighted by molar-refractivity contribution is 5.49. The number of nitrogens with zero attached hydrogens (tertiary/aromatic N) is 1. The summed E-state index contributed by atoms with van der Waals surface area (Å²) < 4.78 is 10.8. The molecule has 1 aliphatic heterocycles. The molecule has 0 unspecified atom stereocenters. The molecular weight excluding hydrogens is 214 g/mol. The third-order valence-electron chi connectivity index (χ3n) is 2.31. The van der Waals surface area contributed by atoms with Crippen LogP contribution in [0.25, 0.3) is 0 Å². The molecule has 1 atom stereocenters. The van der Waals surface area contributed by atoms with E-state index < -0.39 is 4.92 Å². The second-order valence-electron chi connectivity index (χ2n) is 3.45. The zero-order valence-electron chi connectivity index (χ0n) is 8.46. The van der Waals surface area contributed by atoms with Crippen molar-refractivity contribution in [1.82, 2.24) is 0 Å². The fraction of sp³-hybridized carbons (Fsp3) is 0.400. The van der Waals surface area contributed by atoms with Gasteiger partial charge < -0.3 is 14.6 Å². The summed E-state index contributed by atoms with van der Waals surface area (Å²) in [5.41, 5.74) is -0.0352. The van der Waals surface area contributed by atoms with Crippen molar-refractivity contribution in [2.45, 2.75) is 12.5 Å². The van der Waals surface area contributed by atoms with Crippen LogP contribution in [0.4, 0.5) is 5.69 Å². The number of benzene rings is 1. The van der Waals surface area contributed by atoms with Gasteiger partial charge in [-0.3, -0.25) is 10.1 Å². The minimum absolute atomic E-state index is 0.00170. The zero-order valence-corrected chi connectivity index (χ0v) is 8.46. The molecule has 0 saturated heterocycles. The number of nitro groups is 1. The highest BCUT2D eigenvalue weighted by atomic mass is 16.6. The highest BCUT2D eigenvalue weighted by Crippen LogP contribution is 2.35. The van der Waals surface area contributed by atoms with Crippen molar-refractivity contribution in [2.24, 2.45) is 0 Å². The molecule has 1 aromatic carbocycles. The molecule has 6 heteroatoms. The Bertz CT molecular complexity index is 406. The maximum absolute atomic E-state index is 10.6. The van der Waals surface area contributed by atoms with Crippen LogP contribution < -0.4 is 9.47 Å². The fourth-order valence-electron chi connectivity index (χ4n) is 1.50. The van der Waals surface area contributed by atoms with Gasteiger partial charge in [-0.25, -0.2) is 0 Å². The van der Waals surface area contributed by atoms with E-state index >= 15 is 0 Å².